The first kappa shape index (κ1) is 22.0. The molecule has 5 heteroatoms. The number of nitrogens with zero attached hydrogens (tertiary/aromatic N) is 2. The lowest BCUT2D eigenvalue weighted by molar-refractivity contribution is 0.0968. The molecule has 0 atom stereocenters. The standard InChI is InChI=1S/C26H26N2O3/c1-3-4-11-16-28-25(30)21(17-27)18(2)22(26(28)31)24(29)23(19-12-7-5-8-13-19)20-14-9-6-10-15-20/h5-10,12-15,23,31H,3-4,11,16H2,1-2H3. The SMILES string of the molecule is CCCCCn1c(O)c(C(=O)C(c2ccccc2)c2ccccc2)c(C)c(C#N)c1=O. The molecule has 1 aromatic heterocycles. The van der Waals surface area contributed by atoms with E-state index in [-0.39, 0.29) is 34.9 Å². The number of hydrogen-bond acceptors (Lipinski definition) is 4. The van der Waals surface area contributed by atoms with Crippen LogP contribution in [0.3, 0.4) is 0 Å². The minimum Gasteiger partial charge on any atom is -0.494 e. The van der Waals surface area contributed by atoms with Crippen molar-refractivity contribution in [2.24, 2.45) is 0 Å². The van der Waals surface area contributed by atoms with Gasteiger partial charge in [-0.15, -0.1) is 0 Å². The zero-order valence-electron chi connectivity index (χ0n) is 17.8. The molecular weight excluding hydrogens is 388 g/mol. The second-order valence-corrected chi connectivity index (χ2v) is 7.59. The molecule has 3 rings (SSSR count). The molecule has 31 heavy (non-hydrogen) atoms. The van der Waals surface area contributed by atoms with Crippen LogP contribution < -0.4 is 5.56 Å². The molecule has 0 bridgehead atoms. The molecule has 0 radical (unpaired) electrons. The van der Waals surface area contributed by atoms with Gasteiger partial charge in [0.05, 0.1) is 11.5 Å². The molecule has 1 N–H and O–H groups in total. The van der Waals surface area contributed by atoms with E-state index in [4.69, 9.17) is 0 Å². The number of pyridine rings is 1. The van der Waals surface area contributed by atoms with Crippen molar-refractivity contribution in [3.63, 3.8) is 0 Å². The lowest BCUT2D eigenvalue weighted by Gasteiger charge is -2.21. The lowest BCUT2D eigenvalue weighted by Crippen LogP contribution is -2.28. The third-order valence-electron chi connectivity index (χ3n) is 5.56. The Kier molecular flexibility index (Phi) is 7.04. The molecule has 0 aliphatic carbocycles. The summed E-state index contributed by atoms with van der Waals surface area (Å²) in [5, 5.41) is 20.6. The van der Waals surface area contributed by atoms with Crippen LogP contribution in [-0.2, 0) is 6.54 Å². The average Bonchev–Trinajstić information content (AvgIpc) is 2.78. The number of benzene rings is 2. The number of Topliss-reactive ketones (excluding diaryl/α,β-unsaturated/α-hetero) is 1. The Morgan fingerprint density at radius 3 is 2.06 bits per heavy atom. The fourth-order valence-corrected chi connectivity index (χ4v) is 3.90. The Bertz CT molecular complexity index is 1120. The van der Waals surface area contributed by atoms with E-state index >= 15 is 0 Å². The third kappa shape index (κ3) is 4.44. The number of carbonyl (C=O) groups excluding carboxylic acids is 1. The normalized spacial score (nSPS) is 10.8. The molecular formula is C26H26N2O3. The van der Waals surface area contributed by atoms with Gasteiger partial charge in [-0.1, -0.05) is 80.4 Å². The fraction of sp³-hybridized carbons (Fsp3) is 0.269. The van der Waals surface area contributed by atoms with Gasteiger partial charge in [0.2, 0.25) is 5.88 Å². The van der Waals surface area contributed by atoms with E-state index in [1.165, 1.54) is 4.57 Å². The van der Waals surface area contributed by atoms with E-state index in [0.717, 1.165) is 24.0 Å². The lowest BCUT2D eigenvalue weighted by atomic mass is 9.83. The molecule has 0 unspecified atom stereocenters. The number of rotatable bonds is 8. The topological polar surface area (TPSA) is 83.1 Å². The number of aromatic nitrogens is 1. The largest absolute Gasteiger partial charge is 0.494 e. The predicted molar refractivity (Wildman–Crippen MR) is 120 cm³/mol. The van der Waals surface area contributed by atoms with Crippen LogP contribution in [0.5, 0.6) is 5.88 Å². The Morgan fingerprint density at radius 1 is 1.03 bits per heavy atom. The maximum absolute atomic E-state index is 13.9. The summed E-state index contributed by atoms with van der Waals surface area (Å²) < 4.78 is 1.17. The number of hydrogen-bond donors (Lipinski definition) is 1. The molecule has 1 heterocycles. The van der Waals surface area contributed by atoms with Crippen molar-refractivity contribution in [1.29, 1.82) is 5.26 Å². The van der Waals surface area contributed by atoms with Gasteiger partial charge >= 0.3 is 0 Å². The summed E-state index contributed by atoms with van der Waals surface area (Å²) in [5.74, 6) is -1.37. The van der Waals surface area contributed by atoms with Gasteiger partial charge in [0.15, 0.2) is 5.78 Å². The second-order valence-electron chi connectivity index (χ2n) is 7.59. The summed E-state index contributed by atoms with van der Waals surface area (Å²) in [6, 6.07) is 20.6. The zero-order chi connectivity index (χ0) is 22.4. The van der Waals surface area contributed by atoms with E-state index in [2.05, 4.69) is 0 Å². The first-order chi connectivity index (χ1) is 15.0. The third-order valence-corrected chi connectivity index (χ3v) is 5.56. The maximum atomic E-state index is 13.9. The van der Waals surface area contributed by atoms with Crippen molar-refractivity contribution in [2.75, 3.05) is 0 Å². The smallest absolute Gasteiger partial charge is 0.271 e. The summed E-state index contributed by atoms with van der Waals surface area (Å²) in [7, 11) is 0. The monoisotopic (exact) mass is 414 g/mol. The van der Waals surface area contributed by atoms with Crippen molar-refractivity contribution >= 4 is 5.78 Å². The minimum absolute atomic E-state index is 0.0327. The van der Waals surface area contributed by atoms with Crippen LogP contribution in [0.4, 0.5) is 0 Å². The van der Waals surface area contributed by atoms with Gasteiger partial charge in [-0.05, 0) is 30.0 Å². The highest BCUT2D eigenvalue weighted by atomic mass is 16.3. The summed E-state index contributed by atoms with van der Waals surface area (Å²) in [6.07, 6.45) is 2.50. The number of nitriles is 1. The van der Waals surface area contributed by atoms with Crippen molar-refractivity contribution in [3.8, 4) is 11.9 Å². The number of aromatic hydroxyl groups is 1. The van der Waals surface area contributed by atoms with Crippen LogP contribution in [0.1, 0.15) is 64.7 Å². The molecule has 0 spiro atoms. The minimum atomic E-state index is -0.667. The number of ketones is 1. The number of unbranched alkanes of at least 4 members (excludes halogenated alkanes) is 2. The second kappa shape index (κ2) is 9.90. The molecule has 0 amide bonds. The van der Waals surface area contributed by atoms with Crippen molar-refractivity contribution < 1.29 is 9.90 Å². The maximum Gasteiger partial charge on any atom is 0.271 e. The van der Waals surface area contributed by atoms with Crippen molar-refractivity contribution in [1.82, 2.24) is 4.57 Å². The highest BCUT2D eigenvalue weighted by Gasteiger charge is 2.31. The van der Waals surface area contributed by atoms with E-state index in [0.29, 0.717) is 6.42 Å². The van der Waals surface area contributed by atoms with Crippen molar-refractivity contribution in [3.05, 3.63) is 98.8 Å². The van der Waals surface area contributed by atoms with Crippen LogP contribution in [0, 0.1) is 18.3 Å². The van der Waals surface area contributed by atoms with Gasteiger partial charge in [0, 0.05) is 6.54 Å². The van der Waals surface area contributed by atoms with Crippen LogP contribution >= 0.6 is 0 Å². The first-order valence-electron chi connectivity index (χ1n) is 10.5. The Balaban J connectivity index is 2.21. The summed E-state index contributed by atoms with van der Waals surface area (Å²) in [4.78, 5) is 26.7. The van der Waals surface area contributed by atoms with E-state index in [1.807, 2.05) is 73.7 Å². The molecule has 5 nitrogen and oxygen atoms in total. The fourth-order valence-electron chi connectivity index (χ4n) is 3.90. The van der Waals surface area contributed by atoms with E-state index in [9.17, 15) is 20.0 Å². The Hall–Kier alpha value is -3.65. The van der Waals surface area contributed by atoms with Gasteiger partial charge in [-0.3, -0.25) is 14.2 Å². The van der Waals surface area contributed by atoms with Gasteiger partial charge < -0.3 is 5.11 Å². The van der Waals surface area contributed by atoms with Gasteiger partial charge in [0.25, 0.3) is 5.56 Å². The number of carbonyl (C=O) groups is 1. The molecule has 2 aromatic carbocycles. The molecule has 3 aromatic rings. The summed E-state index contributed by atoms with van der Waals surface area (Å²) in [5.41, 5.74) is 1.15. The molecule has 0 saturated heterocycles. The highest BCUT2D eigenvalue weighted by Crippen LogP contribution is 2.33. The van der Waals surface area contributed by atoms with Crippen LogP contribution in [0.2, 0.25) is 0 Å². The average molecular weight is 415 g/mol. The van der Waals surface area contributed by atoms with E-state index in [1.54, 1.807) is 6.92 Å². The highest BCUT2D eigenvalue weighted by molar-refractivity contribution is 6.06. The predicted octanol–water partition coefficient (Wildman–Crippen LogP) is 4.94. The molecule has 0 fully saturated rings. The quantitative estimate of drug-likeness (QED) is 0.418. The first-order valence-corrected chi connectivity index (χ1v) is 10.5. The van der Waals surface area contributed by atoms with Crippen LogP contribution in [0.15, 0.2) is 65.5 Å². The Labute approximate surface area is 182 Å². The molecule has 0 saturated carbocycles. The molecule has 0 aliphatic rings. The van der Waals surface area contributed by atoms with Gasteiger partial charge in [0.1, 0.15) is 11.6 Å². The molecule has 0 aliphatic heterocycles. The van der Waals surface area contributed by atoms with Crippen LogP contribution in [0.25, 0.3) is 0 Å². The van der Waals surface area contributed by atoms with Gasteiger partial charge in [-0.25, -0.2) is 0 Å². The molecule has 158 valence electrons. The van der Waals surface area contributed by atoms with Crippen LogP contribution in [-0.4, -0.2) is 15.5 Å². The summed E-state index contributed by atoms with van der Waals surface area (Å²) >= 11 is 0. The summed E-state index contributed by atoms with van der Waals surface area (Å²) in [6.45, 7) is 3.85. The van der Waals surface area contributed by atoms with Gasteiger partial charge in [-0.2, -0.15) is 5.26 Å². The van der Waals surface area contributed by atoms with E-state index < -0.39 is 11.5 Å². The Morgan fingerprint density at radius 2 is 1.58 bits per heavy atom. The van der Waals surface area contributed by atoms with Crippen molar-refractivity contribution in [2.45, 2.75) is 45.6 Å². The zero-order valence-corrected chi connectivity index (χ0v) is 17.8.